The van der Waals surface area contributed by atoms with Gasteiger partial charge in [0.1, 0.15) is 12.0 Å². The van der Waals surface area contributed by atoms with Crippen LogP contribution < -0.4 is 15.0 Å². The minimum Gasteiger partial charge on any atom is -0.491 e. The van der Waals surface area contributed by atoms with Crippen LogP contribution in [0.5, 0.6) is 11.6 Å². The fourth-order valence-corrected chi connectivity index (χ4v) is 4.91. The van der Waals surface area contributed by atoms with E-state index in [2.05, 4.69) is 9.97 Å². The number of ether oxygens (including phenoxy) is 2. The first-order valence-electron chi connectivity index (χ1n) is 11.6. The summed E-state index contributed by atoms with van der Waals surface area (Å²) in [5, 5.41) is 0.390. The number of nitrogens with zero attached hydrogens (tertiary/aromatic N) is 3. The summed E-state index contributed by atoms with van der Waals surface area (Å²) in [6.45, 7) is 2.37. The van der Waals surface area contributed by atoms with Crippen molar-refractivity contribution in [1.82, 2.24) is 19.4 Å². The monoisotopic (exact) mass is 496 g/mol. The van der Waals surface area contributed by atoms with Crippen LogP contribution in [0.2, 0.25) is 0 Å². The van der Waals surface area contributed by atoms with Gasteiger partial charge in [-0.1, -0.05) is 0 Å². The average Bonchev–Trinajstić information content (AvgIpc) is 3.17. The number of amides is 1. The number of likely N-dealkylation sites (tertiary alicyclic amines) is 1. The van der Waals surface area contributed by atoms with Crippen molar-refractivity contribution in [3.63, 3.8) is 0 Å². The molecule has 1 fully saturated rings. The molecule has 4 aromatic rings. The highest BCUT2D eigenvalue weighted by molar-refractivity contribution is 6.10. The number of hydrogen-bond acceptors (Lipinski definition) is 5. The molecule has 36 heavy (non-hydrogen) atoms. The van der Waals surface area contributed by atoms with Gasteiger partial charge in [-0.05, 0) is 38.0 Å². The summed E-state index contributed by atoms with van der Waals surface area (Å²) < 4.78 is 42.5. The molecule has 1 amide bonds. The van der Waals surface area contributed by atoms with Crippen LogP contribution in [0, 0.1) is 12.7 Å². The lowest BCUT2D eigenvalue weighted by atomic mass is 9.97. The number of H-pyrrole nitrogens is 1. The van der Waals surface area contributed by atoms with Crippen LogP contribution in [-0.4, -0.2) is 58.8 Å². The summed E-state index contributed by atoms with van der Waals surface area (Å²) in [6.07, 6.45) is 0.821. The largest absolute Gasteiger partial charge is 0.491 e. The van der Waals surface area contributed by atoms with Gasteiger partial charge < -0.3 is 23.9 Å². The summed E-state index contributed by atoms with van der Waals surface area (Å²) in [7, 11) is 4.60. The van der Waals surface area contributed by atoms with Crippen LogP contribution in [-0.2, 0) is 7.05 Å². The number of halogens is 2. The van der Waals surface area contributed by atoms with Crippen LogP contribution >= 0.6 is 0 Å². The number of nitrogens with one attached hydrogen (secondary N) is 1. The van der Waals surface area contributed by atoms with Gasteiger partial charge in [0.05, 0.1) is 36.2 Å². The van der Waals surface area contributed by atoms with E-state index in [1.165, 1.54) is 25.3 Å². The molecule has 188 valence electrons. The Hall–Kier alpha value is -3.95. The third-order valence-electron chi connectivity index (χ3n) is 6.96. The molecule has 5 rings (SSSR count). The molecule has 8 nitrogen and oxygen atoms in total. The van der Waals surface area contributed by atoms with Crippen molar-refractivity contribution in [2.24, 2.45) is 7.05 Å². The number of hydrogen-bond donors (Lipinski definition) is 1. The molecular formula is C26H26F2N4O4. The first kappa shape index (κ1) is 23.8. The second-order valence-corrected chi connectivity index (χ2v) is 8.96. The van der Waals surface area contributed by atoms with Gasteiger partial charge >= 0.3 is 0 Å². The summed E-state index contributed by atoms with van der Waals surface area (Å²) in [4.78, 5) is 35.1. The van der Waals surface area contributed by atoms with Crippen LogP contribution in [0.3, 0.4) is 0 Å². The van der Waals surface area contributed by atoms with E-state index in [-0.39, 0.29) is 65.2 Å². The summed E-state index contributed by atoms with van der Waals surface area (Å²) in [5.41, 5.74) is 1.43. The molecule has 4 heterocycles. The highest BCUT2D eigenvalue weighted by Gasteiger charge is 2.29. The molecule has 10 heteroatoms. The van der Waals surface area contributed by atoms with Gasteiger partial charge in [0.2, 0.25) is 0 Å². The maximum Gasteiger partial charge on any atom is 0.258 e. The molecule has 0 spiro atoms. The molecule has 1 aliphatic rings. The first-order chi connectivity index (χ1) is 17.3. The fraction of sp³-hybridized carbons (Fsp3) is 0.346. The number of benzene rings is 1. The Morgan fingerprint density at radius 2 is 1.92 bits per heavy atom. The van der Waals surface area contributed by atoms with Gasteiger partial charge in [-0.2, -0.15) is 0 Å². The van der Waals surface area contributed by atoms with Crippen LogP contribution in [0.25, 0.3) is 32.9 Å². The standard InChI is InChI=1S/C26H26F2N4O4/c1-13-11-16-18(31(13)2)6-5-15(21(16)28)19-20-22(30-25(36-4)23(19)35-3)17(12-29-24(20)33)26(34)32-9-7-14(27)8-10-32/h5-6,11-12,14H,7-10H2,1-4H3,(H,29,33). The van der Waals surface area contributed by atoms with E-state index in [9.17, 15) is 14.0 Å². The number of alkyl halides is 1. The summed E-state index contributed by atoms with van der Waals surface area (Å²) in [5.74, 6) is -0.858. The van der Waals surface area contributed by atoms with E-state index in [1.807, 2.05) is 18.5 Å². The molecule has 0 radical (unpaired) electrons. The third kappa shape index (κ3) is 3.59. The molecule has 3 aromatic heterocycles. The predicted molar refractivity (Wildman–Crippen MR) is 132 cm³/mol. The molecular weight excluding hydrogens is 470 g/mol. The highest BCUT2D eigenvalue weighted by atomic mass is 19.1. The predicted octanol–water partition coefficient (Wildman–Crippen LogP) is 4.12. The number of methoxy groups -OCH3 is 2. The van der Waals surface area contributed by atoms with E-state index in [1.54, 1.807) is 18.2 Å². The van der Waals surface area contributed by atoms with Crippen LogP contribution in [0.15, 0.2) is 29.2 Å². The Kier molecular flexibility index (Phi) is 5.89. The van der Waals surface area contributed by atoms with Gasteiger partial charge in [-0.15, -0.1) is 0 Å². The number of rotatable bonds is 4. The second kappa shape index (κ2) is 8.92. The Labute approximate surface area is 205 Å². The molecule has 1 saturated heterocycles. The number of carbonyl (C=O) groups is 1. The topological polar surface area (TPSA) is 89.5 Å². The summed E-state index contributed by atoms with van der Waals surface area (Å²) in [6, 6.07) is 5.08. The zero-order valence-electron chi connectivity index (χ0n) is 20.4. The fourth-order valence-electron chi connectivity index (χ4n) is 4.91. The lowest BCUT2D eigenvalue weighted by Crippen LogP contribution is -2.39. The number of aromatic amines is 1. The Morgan fingerprint density at radius 1 is 1.19 bits per heavy atom. The first-order valence-corrected chi connectivity index (χ1v) is 11.6. The number of aromatic nitrogens is 3. The number of piperidine rings is 1. The van der Waals surface area contributed by atoms with Crippen molar-refractivity contribution in [1.29, 1.82) is 0 Å². The number of aryl methyl sites for hydroxylation is 2. The number of fused-ring (bicyclic) bond motifs is 2. The molecule has 0 saturated carbocycles. The lowest BCUT2D eigenvalue weighted by Gasteiger charge is -2.29. The maximum absolute atomic E-state index is 16.0. The quantitative estimate of drug-likeness (QED) is 0.459. The SMILES string of the molecule is COc1nc2c(C(=O)N3CCC(F)CC3)c[nH]c(=O)c2c(-c2ccc3c(cc(C)n3C)c2F)c1OC. The van der Waals surface area contributed by atoms with E-state index in [4.69, 9.17) is 9.47 Å². The molecule has 0 bridgehead atoms. The maximum atomic E-state index is 16.0. The van der Waals surface area contributed by atoms with Gasteiger partial charge in [-0.3, -0.25) is 9.59 Å². The second-order valence-electron chi connectivity index (χ2n) is 8.96. The van der Waals surface area contributed by atoms with E-state index >= 15 is 4.39 Å². The molecule has 1 aliphatic heterocycles. The molecule has 1 aromatic carbocycles. The molecule has 0 unspecified atom stereocenters. The van der Waals surface area contributed by atoms with Crippen molar-refractivity contribution in [3.8, 4) is 22.8 Å². The van der Waals surface area contributed by atoms with Crippen molar-refractivity contribution in [3.05, 3.63) is 51.8 Å². The smallest absolute Gasteiger partial charge is 0.258 e. The average molecular weight is 497 g/mol. The Bertz CT molecular complexity index is 1570. The zero-order valence-corrected chi connectivity index (χ0v) is 20.4. The van der Waals surface area contributed by atoms with Gasteiger partial charge in [0.15, 0.2) is 5.75 Å². The zero-order chi connectivity index (χ0) is 25.7. The molecule has 0 atom stereocenters. The van der Waals surface area contributed by atoms with Crippen molar-refractivity contribution in [2.45, 2.75) is 25.9 Å². The lowest BCUT2D eigenvalue weighted by molar-refractivity contribution is 0.0668. The highest BCUT2D eigenvalue weighted by Crippen LogP contribution is 2.43. The van der Waals surface area contributed by atoms with Gasteiger partial charge in [-0.25, -0.2) is 13.8 Å². The number of carbonyl (C=O) groups excluding carboxylic acids is 1. The minimum absolute atomic E-state index is 0.00443. The van der Waals surface area contributed by atoms with E-state index in [0.717, 1.165) is 5.69 Å². The minimum atomic E-state index is -0.949. The van der Waals surface area contributed by atoms with E-state index < -0.39 is 23.5 Å². The molecule has 1 N–H and O–H groups in total. The van der Waals surface area contributed by atoms with Crippen LogP contribution in [0.1, 0.15) is 28.9 Å². The van der Waals surface area contributed by atoms with Crippen molar-refractivity contribution in [2.75, 3.05) is 27.3 Å². The van der Waals surface area contributed by atoms with Gasteiger partial charge in [0, 0.05) is 48.5 Å². The Morgan fingerprint density at radius 3 is 2.58 bits per heavy atom. The van der Waals surface area contributed by atoms with E-state index in [0.29, 0.717) is 10.9 Å². The molecule has 0 aliphatic carbocycles. The van der Waals surface area contributed by atoms with Crippen LogP contribution in [0.4, 0.5) is 8.78 Å². The summed E-state index contributed by atoms with van der Waals surface area (Å²) >= 11 is 0. The van der Waals surface area contributed by atoms with Gasteiger partial charge in [0.25, 0.3) is 17.3 Å². The number of pyridine rings is 2. The van der Waals surface area contributed by atoms with Crippen molar-refractivity contribution < 1.29 is 23.0 Å². The normalized spacial score (nSPS) is 14.6. The third-order valence-corrected chi connectivity index (χ3v) is 6.96. The Balaban J connectivity index is 1.82. The van der Waals surface area contributed by atoms with Crippen molar-refractivity contribution >= 4 is 27.7 Å².